The summed E-state index contributed by atoms with van der Waals surface area (Å²) in [6.07, 6.45) is 0. The Balaban J connectivity index is 2.41. The average Bonchev–Trinajstić information content (AvgIpc) is 2.34. The summed E-state index contributed by atoms with van der Waals surface area (Å²) in [7, 11) is 0. The molecule has 0 bridgehead atoms. The number of rotatable bonds is 3. The fourth-order valence-electron chi connectivity index (χ4n) is 1.91. The van der Waals surface area contributed by atoms with Gasteiger partial charge in [0.2, 0.25) is 0 Å². The molecule has 0 aliphatic carbocycles. The first-order chi connectivity index (χ1) is 8.22. The van der Waals surface area contributed by atoms with Gasteiger partial charge in [-0.05, 0) is 24.1 Å². The van der Waals surface area contributed by atoms with Crippen LogP contribution in [-0.2, 0) is 13.1 Å². The fraction of sp³-hybridized carbons (Fsp3) is 0.214. The summed E-state index contributed by atoms with van der Waals surface area (Å²) in [5, 5.41) is 0. The van der Waals surface area contributed by atoms with Gasteiger partial charge in [-0.3, -0.25) is 4.79 Å². The smallest absolute Gasteiger partial charge is 0.251 e. The lowest BCUT2D eigenvalue weighted by atomic mass is 10.1. The second-order valence-electron chi connectivity index (χ2n) is 4.06. The van der Waals surface area contributed by atoms with Crippen LogP contribution in [0.25, 0.3) is 0 Å². The van der Waals surface area contributed by atoms with Gasteiger partial charge < -0.3 is 10.3 Å². The zero-order valence-corrected chi connectivity index (χ0v) is 9.89. The zero-order valence-electron chi connectivity index (χ0n) is 9.89. The number of aromatic nitrogens is 1. The molecule has 88 valence electrons. The van der Waals surface area contributed by atoms with E-state index in [0.717, 1.165) is 16.8 Å². The Morgan fingerprint density at radius 3 is 2.41 bits per heavy atom. The minimum absolute atomic E-state index is 0.0248. The lowest BCUT2D eigenvalue weighted by Gasteiger charge is -2.12. The van der Waals surface area contributed by atoms with Crippen molar-refractivity contribution < 1.29 is 0 Å². The molecule has 0 aliphatic rings. The molecule has 1 aromatic heterocycles. The molecule has 3 heteroatoms. The molecule has 3 nitrogen and oxygen atoms in total. The van der Waals surface area contributed by atoms with Gasteiger partial charge in [0.25, 0.3) is 5.56 Å². The Labute approximate surface area is 101 Å². The minimum atomic E-state index is 0.0248. The van der Waals surface area contributed by atoms with Gasteiger partial charge in [-0.25, -0.2) is 0 Å². The van der Waals surface area contributed by atoms with Crippen molar-refractivity contribution in [2.75, 3.05) is 0 Å². The molecule has 1 heterocycles. The second-order valence-corrected chi connectivity index (χ2v) is 4.06. The van der Waals surface area contributed by atoms with Gasteiger partial charge in [0.1, 0.15) is 0 Å². The van der Waals surface area contributed by atoms with Crippen molar-refractivity contribution in [1.82, 2.24) is 4.57 Å². The van der Waals surface area contributed by atoms with Crippen molar-refractivity contribution in [2.24, 2.45) is 5.73 Å². The van der Waals surface area contributed by atoms with Crippen molar-refractivity contribution >= 4 is 0 Å². The molecule has 17 heavy (non-hydrogen) atoms. The molecule has 0 amide bonds. The lowest BCUT2D eigenvalue weighted by Crippen LogP contribution is -2.22. The molecule has 1 aromatic carbocycles. The van der Waals surface area contributed by atoms with E-state index in [1.807, 2.05) is 37.3 Å². The van der Waals surface area contributed by atoms with Crippen molar-refractivity contribution in [1.29, 1.82) is 0 Å². The molecule has 0 unspecified atom stereocenters. The van der Waals surface area contributed by atoms with Gasteiger partial charge >= 0.3 is 0 Å². The van der Waals surface area contributed by atoms with E-state index < -0.39 is 0 Å². The molecule has 2 N–H and O–H groups in total. The first-order valence-corrected chi connectivity index (χ1v) is 5.65. The molecule has 0 spiro atoms. The Morgan fingerprint density at radius 1 is 1.06 bits per heavy atom. The highest BCUT2D eigenvalue weighted by atomic mass is 16.1. The van der Waals surface area contributed by atoms with Gasteiger partial charge in [-0.2, -0.15) is 0 Å². The minimum Gasteiger partial charge on any atom is -0.326 e. The maximum absolute atomic E-state index is 11.8. The molecule has 0 radical (unpaired) electrons. The van der Waals surface area contributed by atoms with Gasteiger partial charge in [-0.1, -0.05) is 30.3 Å². The normalized spacial score (nSPS) is 10.5. The molecule has 2 aromatic rings. The standard InChI is InChI=1S/C14H16N2O/c1-11-5-4-8-14(17)16(11)10-13-7-3-2-6-12(13)9-15/h2-8H,9-10,15H2,1H3. The van der Waals surface area contributed by atoms with E-state index in [1.165, 1.54) is 0 Å². The number of hydrogen-bond acceptors (Lipinski definition) is 2. The lowest BCUT2D eigenvalue weighted by molar-refractivity contribution is 0.722. The van der Waals surface area contributed by atoms with Crippen molar-refractivity contribution in [3.63, 3.8) is 0 Å². The van der Waals surface area contributed by atoms with Crippen LogP contribution in [0.5, 0.6) is 0 Å². The number of aryl methyl sites for hydroxylation is 1. The van der Waals surface area contributed by atoms with E-state index in [2.05, 4.69) is 0 Å². The number of pyridine rings is 1. The highest BCUT2D eigenvalue weighted by Crippen LogP contribution is 2.10. The number of benzene rings is 1. The van der Waals surface area contributed by atoms with Crippen LogP contribution in [-0.4, -0.2) is 4.57 Å². The largest absolute Gasteiger partial charge is 0.326 e. The first-order valence-electron chi connectivity index (χ1n) is 5.65. The van der Waals surface area contributed by atoms with Crippen LogP contribution in [0.15, 0.2) is 47.3 Å². The van der Waals surface area contributed by atoms with Crippen LogP contribution < -0.4 is 11.3 Å². The third-order valence-electron chi connectivity index (χ3n) is 2.93. The molecule has 0 atom stereocenters. The van der Waals surface area contributed by atoms with Crippen molar-refractivity contribution in [3.8, 4) is 0 Å². The van der Waals surface area contributed by atoms with Crippen LogP contribution in [0.4, 0.5) is 0 Å². The fourth-order valence-corrected chi connectivity index (χ4v) is 1.91. The average molecular weight is 228 g/mol. The van der Waals surface area contributed by atoms with Crippen LogP contribution >= 0.6 is 0 Å². The van der Waals surface area contributed by atoms with Crippen LogP contribution in [0.2, 0.25) is 0 Å². The van der Waals surface area contributed by atoms with Crippen molar-refractivity contribution in [3.05, 3.63) is 69.6 Å². The highest BCUT2D eigenvalue weighted by Gasteiger charge is 2.04. The summed E-state index contributed by atoms with van der Waals surface area (Å²) in [6.45, 7) is 3.02. The van der Waals surface area contributed by atoms with E-state index >= 15 is 0 Å². The summed E-state index contributed by atoms with van der Waals surface area (Å²) < 4.78 is 1.76. The van der Waals surface area contributed by atoms with Gasteiger partial charge in [-0.15, -0.1) is 0 Å². The Morgan fingerprint density at radius 2 is 1.76 bits per heavy atom. The number of nitrogens with zero attached hydrogens (tertiary/aromatic N) is 1. The van der Waals surface area contributed by atoms with E-state index in [1.54, 1.807) is 16.7 Å². The zero-order chi connectivity index (χ0) is 12.3. The second kappa shape index (κ2) is 4.97. The summed E-state index contributed by atoms with van der Waals surface area (Å²) in [5.41, 5.74) is 8.87. The quantitative estimate of drug-likeness (QED) is 0.868. The molecule has 0 saturated heterocycles. The third-order valence-corrected chi connectivity index (χ3v) is 2.93. The molecular weight excluding hydrogens is 212 g/mol. The summed E-state index contributed by atoms with van der Waals surface area (Å²) in [6, 6.07) is 13.2. The SMILES string of the molecule is Cc1cccc(=O)n1Cc1ccccc1CN. The molecular formula is C14H16N2O. The number of hydrogen-bond donors (Lipinski definition) is 1. The molecule has 0 aliphatic heterocycles. The Kier molecular flexibility index (Phi) is 3.40. The topological polar surface area (TPSA) is 48.0 Å². The van der Waals surface area contributed by atoms with E-state index in [-0.39, 0.29) is 5.56 Å². The van der Waals surface area contributed by atoms with Crippen LogP contribution in [0.1, 0.15) is 16.8 Å². The van der Waals surface area contributed by atoms with E-state index in [9.17, 15) is 4.79 Å². The Bertz CT molecular complexity index is 572. The molecule has 0 saturated carbocycles. The van der Waals surface area contributed by atoms with Crippen LogP contribution in [0.3, 0.4) is 0 Å². The molecule has 0 fully saturated rings. The monoisotopic (exact) mass is 228 g/mol. The number of nitrogens with two attached hydrogens (primary N) is 1. The predicted octanol–water partition coefficient (Wildman–Crippen LogP) is 1.66. The first kappa shape index (κ1) is 11.6. The van der Waals surface area contributed by atoms with Gasteiger partial charge in [0.05, 0.1) is 6.54 Å². The van der Waals surface area contributed by atoms with E-state index in [0.29, 0.717) is 13.1 Å². The highest BCUT2D eigenvalue weighted by molar-refractivity contribution is 5.27. The van der Waals surface area contributed by atoms with E-state index in [4.69, 9.17) is 5.73 Å². The maximum atomic E-state index is 11.8. The van der Waals surface area contributed by atoms with Crippen LogP contribution in [0, 0.1) is 6.92 Å². The summed E-state index contributed by atoms with van der Waals surface area (Å²) in [4.78, 5) is 11.8. The maximum Gasteiger partial charge on any atom is 0.251 e. The summed E-state index contributed by atoms with van der Waals surface area (Å²) in [5.74, 6) is 0. The van der Waals surface area contributed by atoms with Gasteiger partial charge in [0, 0.05) is 18.3 Å². The molecule has 2 rings (SSSR count). The Hall–Kier alpha value is -1.87. The predicted molar refractivity (Wildman–Crippen MR) is 68.9 cm³/mol. The van der Waals surface area contributed by atoms with Gasteiger partial charge in [0.15, 0.2) is 0 Å². The summed E-state index contributed by atoms with van der Waals surface area (Å²) >= 11 is 0. The van der Waals surface area contributed by atoms with Crippen molar-refractivity contribution in [2.45, 2.75) is 20.0 Å². The third kappa shape index (κ3) is 2.45.